The second-order valence-corrected chi connectivity index (χ2v) is 5.03. The van der Waals surface area contributed by atoms with Crippen molar-refractivity contribution in [3.05, 3.63) is 29.9 Å². The van der Waals surface area contributed by atoms with Crippen molar-refractivity contribution >= 4 is 0 Å². The lowest BCUT2D eigenvalue weighted by molar-refractivity contribution is 0.00768. The van der Waals surface area contributed by atoms with E-state index in [0.717, 1.165) is 25.1 Å². The van der Waals surface area contributed by atoms with Gasteiger partial charge in [-0.25, -0.2) is 4.98 Å². The maximum Gasteiger partial charge on any atom is 0.244 e. The van der Waals surface area contributed by atoms with Crippen LogP contribution in [-0.4, -0.2) is 26.7 Å². The van der Waals surface area contributed by atoms with Gasteiger partial charge in [-0.3, -0.25) is 0 Å². The predicted octanol–water partition coefficient (Wildman–Crippen LogP) is 1.06. The van der Waals surface area contributed by atoms with Gasteiger partial charge in [0.25, 0.3) is 0 Å². The van der Waals surface area contributed by atoms with E-state index in [4.69, 9.17) is 15.0 Å². The highest BCUT2D eigenvalue weighted by Gasteiger charge is 2.37. The summed E-state index contributed by atoms with van der Waals surface area (Å²) in [7, 11) is 0. The average molecular weight is 263 g/mol. The van der Waals surface area contributed by atoms with Gasteiger partial charge in [0.1, 0.15) is 5.60 Å². The number of nitrogens with zero attached hydrogens (tertiary/aromatic N) is 3. The zero-order chi connectivity index (χ0) is 13.3. The Morgan fingerprint density at radius 1 is 1.58 bits per heavy atom. The molecular formula is C12H17N5O2. The maximum atomic E-state index is 6.06. The summed E-state index contributed by atoms with van der Waals surface area (Å²) in [6.45, 7) is 2.72. The fourth-order valence-electron chi connectivity index (χ4n) is 2.28. The number of H-pyrrole nitrogens is 1. The summed E-state index contributed by atoms with van der Waals surface area (Å²) >= 11 is 0. The fourth-order valence-corrected chi connectivity index (χ4v) is 2.28. The number of aromatic nitrogens is 4. The van der Waals surface area contributed by atoms with E-state index >= 15 is 0 Å². The number of nitrogens with one attached hydrogen (secondary N) is 1. The first-order chi connectivity index (χ1) is 9.17. The summed E-state index contributed by atoms with van der Waals surface area (Å²) in [5.41, 5.74) is 6.56. The van der Waals surface area contributed by atoms with Gasteiger partial charge in [-0.1, -0.05) is 5.16 Å². The second-order valence-electron chi connectivity index (χ2n) is 5.03. The molecule has 0 aliphatic carbocycles. The summed E-state index contributed by atoms with van der Waals surface area (Å²) in [6.07, 6.45) is 5.86. The molecule has 1 aliphatic rings. The molecule has 1 aliphatic heterocycles. The first kappa shape index (κ1) is 12.3. The van der Waals surface area contributed by atoms with E-state index in [9.17, 15) is 0 Å². The van der Waals surface area contributed by atoms with Crippen LogP contribution in [0.2, 0.25) is 0 Å². The van der Waals surface area contributed by atoms with E-state index in [1.807, 2.05) is 6.92 Å². The molecule has 7 nitrogen and oxygen atoms in total. The van der Waals surface area contributed by atoms with Crippen LogP contribution in [0.15, 0.2) is 17.0 Å². The van der Waals surface area contributed by atoms with Crippen molar-refractivity contribution in [1.82, 2.24) is 20.1 Å². The first-order valence-electron chi connectivity index (χ1n) is 6.38. The van der Waals surface area contributed by atoms with Gasteiger partial charge in [-0.05, 0) is 19.8 Å². The minimum absolute atomic E-state index is 0.341. The number of hydrogen-bond acceptors (Lipinski definition) is 6. The van der Waals surface area contributed by atoms with Crippen LogP contribution in [0.25, 0.3) is 0 Å². The Hall–Kier alpha value is -1.73. The van der Waals surface area contributed by atoms with Crippen molar-refractivity contribution < 1.29 is 9.26 Å². The van der Waals surface area contributed by atoms with Crippen LogP contribution in [0.3, 0.4) is 0 Å². The third-order valence-corrected chi connectivity index (χ3v) is 3.45. The zero-order valence-corrected chi connectivity index (χ0v) is 10.8. The van der Waals surface area contributed by atoms with Crippen LogP contribution >= 0.6 is 0 Å². The molecule has 1 fully saturated rings. The van der Waals surface area contributed by atoms with Crippen LogP contribution < -0.4 is 5.73 Å². The van der Waals surface area contributed by atoms with Gasteiger partial charge >= 0.3 is 0 Å². The Kier molecular flexibility index (Phi) is 3.08. The van der Waals surface area contributed by atoms with Crippen molar-refractivity contribution in [2.75, 3.05) is 6.61 Å². The van der Waals surface area contributed by atoms with Gasteiger partial charge < -0.3 is 20.0 Å². The van der Waals surface area contributed by atoms with Crippen molar-refractivity contribution in [3.8, 4) is 0 Å². The fraction of sp³-hybridized carbons (Fsp3) is 0.583. The number of rotatable bonds is 4. The van der Waals surface area contributed by atoms with E-state index in [1.165, 1.54) is 0 Å². The molecule has 2 aromatic rings. The lowest BCUT2D eigenvalue weighted by atomic mass is 10.0. The van der Waals surface area contributed by atoms with E-state index in [-0.39, 0.29) is 6.04 Å². The minimum atomic E-state index is -0.435. The van der Waals surface area contributed by atoms with Crippen LogP contribution in [-0.2, 0) is 16.8 Å². The Morgan fingerprint density at radius 3 is 3.16 bits per heavy atom. The molecule has 3 N–H and O–H groups in total. The molecule has 0 saturated carbocycles. The predicted molar refractivity (Wildman–Crippen MR) is 66.1 cm³/mol. The van der Waals surface area contributed by atoms with Gasteiger partial charge in [-0.2, -0.15) is 4.98 Å². The summed E-state index contributed by atoms with van der Waals surface area (Å²) < 4.78 is 10.9. The molecule has 3 rings (SSSR count). The molecule has 0 spiro atoms. The number of hydrogen-bond donors (Lipinski definition) is 2. The highest BCUT2D eigenvalue weighted by molar-refractivity contribution is 5.06. The molecule has 2 atom stereocenters. The lowest BCUT2D eigenvalue weighted by Crippen LogP contribution is -2.22. The van der Waals surface area contributed by atoms with E-state index < -0.39 is 5.60 Å². The number of imidazole rings is 1. The Morgan fingerprint density at radius 2 is 2.47 bits per heavy atom. The monoisotopic (exact) mass is 263 g/mol. The van der Waals surface area contributed by atoms with Crippen molar-refractivity contribution in [3.63, 3.8) is 0 Å². The molecule has 102 valence electrons. The van der Waals surface area contributed by atoms with Gasteiger partial charge in [0.15, 0.2) is 0 Å². The standard InChI is InChI=1S/C12H17N5O2/c1-12(3-2-4-18-12)11-16-10(19-17-11)9(13)5-8-6-14-7-15-8/h6-7,9H,2-5,13H2,1H3,(H,14,15). The number of aromatic amines is 1. The van der Waals surface area contributed by atoms with Crippen molar-refractivity contribution in [2.45, 2.75) is 37.8 Å². The SMILES string of the molecule is CC1(c2noc(C(N)Cc3cnc[nH]3)n2)CCCO1. The van der Waals surface area contributed by atoms with Crippen LogP contribution in [0.5, 0.6) is 0 Å². The van der Waals surface area contributed by atoms with Gasteiger partial charge in [0.05, 0.1) is 12.4 Å². The highest BCUT2D eigenvalue weighted by Crippen LogP contribution is 2.34. The van der Waals surface area contributed by atoms with Gasteiger partial charge in [0.2, 0.25) is 11.7 Å². The molecule has 0 aromatic carbocycles. The quantitative estimate of drug-likeness (QED) is 0.855. The Bertz CT molecular complexity index is 530. The Labute approximate surface area is 110 Å². The first-order valence-corrected chi connectivity index (χ1v) is 6.38. The molecule has 7 heteroatoms. The largest absolute Gasteiger partial charge is 0.367 e. The van der Waals surface area contributed by atoms with Crippen LogP contribution in [0, 0.1) is 0 Å². The molecule has 0 radical (unpaired) electrons. The molecule has 2 aromatic heterocycles. The smallest absolute Gasteiger partial charge is 0.244 e. The van der Waals surface area contributed by atoms with Crippen molar-refractivity contribution in [2.24, 2.45) is 5.73 Å². The Balaban J connectivity index is 1.73. The number of nitrogens with two attached hydrogens (primary N) is 1. The molecule has 3 heterocycles. The summed E-state index contributed by atoms with van der Waals surface area (Å²) in [6, 6.07) is -0.341. The molecule has 0 amide bonds. The summed E-state index contributed by atoms with van der Waals surface area (Å²) in [4.78, 5) is 11.3. The second kappa shape index (κ2) is 4.75. The third-order valence-electron chi connectivity index (χ3n) is 3.45. The molecular weight excluding hydrogens is 246 g/mol. The van der Waals surface area contributed by atoms with Gasteiger partial charge in [0, 0.05) is 24.9 Å². The van der Waals surface area contributed by atoms with E-state index in [2.05, 4.69) is 20.1 Å². The summed E-state index contributed by atoms with van der Waals surface area (Å²) in [5, 5.41) is 4.00. The van der Waals surface area contributed by atoms with Gasteiger partial charge in [-0.15, -0.1) is 0 Å². The lowest BCUT2D eigenvalue weighted by Gasteiger charge is -2.17. The topological polar surface area (TPSA) is 103 Å². The van der Waals surface area contributed by atoms with Crippen molar-refractivity contribution in [1.29, 1.82) is 0 Å². The zero-order valence-electron chi connectivity index (χ0n) is 10.8. The van der Waals surface area contributed by atoms with Crippen LogP contribution in [0.1, 0.15) is 43.2 Å². The van der Waals surface area contributed by atoms with E-state index in [0.29, 0.717) is 18.1 Å². The van der Waals surface area contributed by atoms with Crippen LogP contribution in [0.4, 0.5) is 0 Å². The molecule has 0 bridgehead atoms. The molecule has 1 saturated heterocycles. The minimum Gasteiger partial charge on any atom is -0.367 e. The molecule has 19 heavy (non-hydrogen) atoms. The third kappa shape index (κ3) is 2.39. The molecule has 2 unspecified atom stereocenters. The number of ether oxygens (including phenoxy) is 1. The normalized spacial score (nSPS) is 24.7. The van der Waals surface area contributed by atoms with E-state index in [1.54, 1.807) is 12.5 Å². The summed E-state index contributed by atoms with van der Waals surface area (Å²) in [5.74, 6) is 1.02. The maximum absolute atomic E-state index is 6.06. The highest BCUT2D eigenvalue weighted by atomic mass is 16.5. The average Bonchev–Trinajstić information content (AvgIpc) is 3.08.